The summed E-state index contributed by atoms with van der Waals surface area (Å²) in [6, 6.07) is 18.3. The van der Waals surface area contributed by atoms with E-state index in [0.717, 1.165) is 51.4 Å². The number of nitrogens with zero attached hydrogens (tertiary/aromatic N) is 2. The summed E-state index contributed by atoms with van der Waals surface area (Å²) in [6.45, 7) is 4.52. The predicted molar refractivity (Wildman–Crippen MR) is 117 cm³/mol. The first-order valence-electron chi connectivity index (χ1n) is 11.2. The third-order valence-electron chi connectivity index (χ3n) is 6.71. The van der Waals surface area contributed by atoms with Crippen molar-refractivity contribution in [3.8, 4) is 6.07 Å². The maximum Gasteiger partial charge on any atom is 0.416 e. The van der Waals surface area contributed by atoms with Crippen LogP contribution in [0.2, 0.25) is 0 Å². The van der Waals surface area contributed by atoms with E-state index in [2.05, 4.69) is 30.0 Å². The van der Waals surface area contributed by atoms with Crippen molar-refractivity contribution in [2.24, 2.45) is 5.92 Å². The Labute approximate surface area is 183 Å². The van der Waals surface area contributed by atoms with E-state index in [9.17, 15) is 18.4 Å². The Kier molecular flexibility index (Phi) is 7.78. The summed E-state index contributed by atoms with van der Waals surface area (Å²) in [5, 5.41) is 10.3. The number of hydrogen-bond donors (Lipinski definition) is 0. The Balaban J connectivity index is 1.83. The van der Waals surface area contributed by atoms with Gasteiger partial charge in [-0.25, -0.2) is 0 Å². The molecule has 1 atom stereocenters. The summed E-state index contributed by atoms with van der Waals surface area (Å²) < 4.78 is 41.5. The lowest BCUT2D eigenvalue weighted by Gasteiger charge is -2.36. The largest absolute Gasteiger partial charge is 0.416 e. The second-order valence-corrected chi connectivity index (χ2v) is 8.57. The van der Waals surface area contributed by atoms with E-state index in [0.29, 0.717) is 12.8 Å². The SMILES string of the molecule is CCN(CCCC(C#N)(c1ccccc1C(F)(F)F)C1CCCC1)Cc1ccccc1. The van der Waals surface area contributed by atoms with E-state index in [4.69, 9.17) is 0 Å². The molecule has 0 spiro atoms. The van der Waals surface area contributed by atoms with E-state index < -0.39 is 17.2 Å². The van der Waals surface area contributed by atoms with Crippen LogP contribution in [-0.4, -0.2) is 18.0 Å². The lowest BCUT2D eigenvalue weighted by atomic mass is 9.66. The second-order valence-electron chi connectivity index (χ2n) is 8.57. The van der Waals surface area contributed by atoms with Crippen LogP contribution in [0.5, 0.6) is 0 Å². The Bertz CT molecular complexity index is 866. The van der Waals surface area contributed by atoms with Gasteiger partial charge in [0.2, 0.25) is 0 Å². The molecule has 0 heterocycles. The van der Waals surface area contributed by atoms with Crippen LogP contribution in [-0.2, 0) is 18.1 Å². The van der Waals surface area contributed by atoms with Crippen molar-refractivity contribution in [2.75, 3.05) is 13.1 Å². The van der Waals surface area contributed by atoms with Gasteiger partial charge in [0.1, 0.15) is 0 Å². The fraction of sp³-hybridized carbons (Fsp3) is 0.500. The van der Waals surface area contributed by atoms with Crippen molar-refractivity contribution < 1.29 is 13.2 Å². The molecule has 0 N–H and O–H groups in total. The summed E-state index contributed by atoms with van der Waals surface area (Å²) in [5.74, 6) is -0.0230. The Morgan fingerprint density at radius 2 is 1.58 bits per heavy atom. The van der Waals surface area contributed by atoms with Crippen molar-refractivity contribution in [3.05, 3.63) is 71.3 Å². The van der Waals surface area contributed by atoms with Gasteiger partial charge in [0, 0.05) is 6.54 Å². The zero-order valence-electron chi connectivity index (χ0n) is 18.2. The average Bonchev–Trinajstić information content (AvgIpc) is 3.32. The maximum atomic E-state index is 13.8. The molecule has 0 radical (unpaired) electrons. The minimum Gasteiger partial charge on any atom is -0.299 e. The van der Waals surface area contributed by atoms with Crippen LogP contribution in [0.1, 0.15) is 62.1 Å². The van der Waals surface area contributed by atoms with Crippen LogP contribution < -0.4 is 0 Å². The minimum absolute atomic E-state index is 0.0230. The quantitative estimate of drug-likeness (QED) is 0.432. The third-order valence-corrected chi connectivity index (χ3v) is 6.71. The van der Waals surface area contributed by atoms with Crippen LogP contribution >= 0.6 is 0 Å². The number of rotatable bonds is 9. The summed E-state index contributed by atoms with van der Waals surface area (Å²) in [6.07, 6.45) is 0.292. The molecule has 3 rings (SSSR count). The highest BCUT2D eigenvalue weighted by molar-refractivity contribution is 5.42. The Hall–Kier alpha value is -2.32. The molecule has 0 amide bonds. The maximum absolute atomic E-state index is 13.8. The summed E-state index contributed by atoms with van der Waals surface area (Å²) >= 11 is 0. The van der Waals surface area contributed by atoms with E-state index in [1.165, 1.54) is 17.7 Å². The molecular formula is C26H31F3N2. The van der Waals surface area contributed by atoms with Gasteiger partial charge in [0.15, 0.2) is 0 Å². The van der Waals surface area contributed by atoms with Gasteiger partial charge in [-0.2, -0.15) is 18.4 Å². The highest BCUT2D eigenvalue weighted by Crippen LogP contribution is 2.48. The van der Waals surface area contributed by atoms with Gasteiger partial charge in [0.05, 0.1) is 17.0 Å². The van der Waals surface area contributed by atoms with Gasteiger partial charge < -0.3 is 0 Å². The van der Waals surface area contributed by atoms with Gasteiger partial charge in [-0.15, -0.1) is 0 Å². The Morgan fingerprint density at radius 1 is 0.968 bits per heavy atom. The number of halogens is 3. The number of benzene rings is 2. The fourth-order valence-electron chi connectivity index (χ4n) is 5.08. The van der Waals surface area contributed by atoms with E-state index >= 15 is 0 Å². The smallest absolute Gasteiger partial charge is 0.299 e. The first-order valence-corrected chi connectivity index (χ1v) is 11.2. The van der Waals surface area contributed by atoms with Crippen molar-refractivity contribution in [1.82, 2.24) is 4.90 Å². The van der Waals surface area contributed by atoms with Crippen LogP contribution in [0.15, 0.2) is 54.6 Å². The summed E-state index contributed by atoms with van der Waals surface area (Å²) in [5.41, 5.74) is -0.355. The molecule has 0 aliphatic heterocycles. The molecule has 1 saturated carbocycles. The molecule has 166 valence electrons. The lowest BCUT2D eigenvalue weighted by Crippen LogP contribution is -2.36. The van der Waals surface area contributed by atoms with Gasteiger partial charge >= 0.3 is 6.18 Å². The highest BCUT2D eigenvalue weighted by atomic mass is 19.4. The normalized spacial score (nSPS) is 16.9. The topological polar surface area (TPSA) is 27.0 Å². The van der Waals surface area contributed by atoms with E-state index in [-0.39, 0.29) is 11.5 Å². The zero-order valence-corrected chi connectivity index (χ0v) is 18.2. The Morgan fingerprint density at radius 3 is 2.16 bits per heavy atom. The van der Waals surface area contributed by atoms with Crippen molar-refractivity contribution in [3.63, 3.8) is 0 Å². The molecule has 1 unspecified atom stereocenters. The molecule has 5 heteroatoms. The van der Waals surface area contributed by atoms with E-state index in [1.807, 2.05) is 18.2 Å². The van der Waals surface area contributed by atoms with Crippen LogP contribution in [0.3, 0.4) is 0 Å². The fourth-order valence-corrected chi connectivity index (χ4v) is 5.08. The van der Waals surface area contributed by atoms with Crippen LogP contribution in [0, 0.1) is 17.2 Å². The molecule has 0 saturated heterocycles. The van der Waals surface area contributed by atoms with Gasteiger partial charge in [0.25, 0.3) is 0 Å². The van der Waals surface area contributed by atoms with Crippen molar-refractivity contribution in [2.45, 2.75) is 63.6 Å². The highest BCUT2D eigenvalue weighted by Gasteiger charge is 2.46. The standard InChI is InChI=1S/C26H31F3N2/c1-2-31(19-21-11-4-3-5-12-21)18-10-17-25(20-30,22-13-6-7-14-22)23-15-8-9-16-24(23)26(27,28)29/h3-5,8-9,11-12,15-16,22H,2,6-7,10,13-14,17-19H2,1H3. The molecule has 1 aliphatic carbocycles. The predicted octanol–water partition coefficient (Wildman–Crippen LogP) is 6.96. The molecule has 2 nitrogen and oxygen atoms in total. The van der Waals surface area contributed by atoms with Gasteiger partial charge in [-0.1, -0.05) is 68.3 Å². The third kappa shape index (κ3) is 5.49. The molecular weight excluding hydrogens is 397 g/mol. The monoisotopic (exact) mass is 428 g/mol. The summed E-state index contributed by atoms with van der Waals surface area (Å²) in [7, 11) is 0. The zero-order chi connectivity index (χ0) is 22.3. The summed E-state index contributed by atoms with van der Waals surface area (Å²) in [4.78, 5) is 2.29. The molecule has 31 heavy (non-hydrogen) atoms. The average molecular weight is 429 g/mol. The van der Waals surface area contributed by atoms with Crippen molar-refractivity contribution >= 4 is 0 Å². The molecule has 1 fully saturated rings. The molecule has 0 aromatic heterocycles. The van der Waals surface area contributed by atoms with Crippen LogP contribution in [0.25, 0.3) is 0 Å². The number of nitriles is 1. The van der Waals surface area contributed by atoms with Gasteiger partial charge in [-0.05, 0) is 61.9 Å². The first-order chi connectivity index (χ1) is 14.9. The number of hydrogen-bond acceptors (Lipinski definition) is 2. The molecule has 2 aromatic carbocycles. The van der Waals surface area contributed by atoms with Crippen molar-refractivity contribution in [1.29, 1.82) is 5.26 Å². The lowest BCUT2D eigenvalue weighted by molar-refractivity contribution is -0.138. The molecule has 1 aliphatic rings. The number of alkyl halides is 3. The van der Waals surface area contributed by atoms with Gasteiger partial charge in [-0.3, -0.25) is 4.90 Å². The second kappa shape index (κ2) is 10.3. The first kappa shape index (κ1) is 23.3. The molecule has 2 aromatic rings. The van der Waals surface area contributed by atoms with E-state index in [1.54, 1.807) is 6.07 Å². The molecule has 0 bridgehead atoms. The van der Waals surface area contributed by atoms with Crippen LogP contribution in [0.4, 0.5) is 13.2 Å². The minimum atomic E-state index is -4.46.